The van der Waals surface area contributed by atoms with Gasteiger partial charge in [-0.2, -0.15) is 0 Å². The van der Waals surface area contributed by atoms with Crippen molar-refractivity contribution >= 4 is 29.1 Å². The van der Waals surface area contributed by atoms with Crippen LogP contribution in [-0.4, -0.2) is 18.6 Å². The highest BCUT2D eigenvalue weighted by molar-refractivity contribution is 6.00. The molecule has 1 aliphatic rings. The van der Waals surface area contributed by atoms with E-state index in [0.29, 0.717) is 23.6 Å². The minimum absolute atomic E-state index is 0.0531. The van der Waals surface area contributed by atoms with Crippen molar-refractivity contribution in [2.45, 2.75) is 18.3 Å². The first-order valence-corrected chi connectivity index (χ1v) is 9.97. The van der Waals surface area contributed by atoms with E-state index >= 15 is 0 Å². The van der Waals surface area contributed by atoms with Crippen molar-refractivity contribution in [2.24, 2.45) is 0 Å². The maximum Gasteiger partial charge on any atom is 0.323 e. The number of hydrogen-bond acceptors (Lipinski definition) is 2. The largest absolute Gasteiger partial charge is 0.337 e. The van der Waals surface area contributed by atoms with Gasteiger partial charge in [-0.1, -0.05) is 54.6 Å². The Balaban J connectivity index is 1.30. The Bertz CT molecular complexity index is 1020. The van der Waals surface area contributed by atoms with Gasteiger partial charge in [0.25, 0.3) is 0 Å². The molecule has 0 bridgehead atoms. The third-order valence-electron chi connectivity index (χ3n) is 5.24. The van der Waals surface area contributed by atoms with Gasteiger partial charge in [0.05, 0.1) is 0 Å². The minimum Gasteiger partial charge on any atom is -0.337 e. The fraction of sp³-hybridized carbons (Fsp3) is 0.167. The van der Waals surface area contributed by atoms with Crippen molar-refractivity contribution in [3.63, 3.8) is 0 Å². The summed E-state index contributed by atoms with van der Waals surface area (Å²) in [5, 5.41) is 11.3. The Hall–Kier alpha value is -3.80. The van der Waals surface area contributed by atoms with Crippen LogP contribution in [0.1, 0.15) is 18.4 Å². The van der Waals surface area contributed by atoms with Gasteiger partial charge in [-0.15, -0.1) is 0 Å². The van der Waals surface area contributed by atoms with Gasteiger partial charge in [0.15, 0.2) is 0 Å². The van der Waals surface area contributed by atoms with Gasteiger partial charge >= 0.3 is 12.1 Å². The molecule has 1 fully saturated rings. The first-order valence-electron chi connectivity index (χ1n) is 9.97. The normalized spacial score (nSPS) is 13.7. The zero-order chi connectivity index (χ0) is 20.8. The van der Waals surface area contributed by atoms with E-state index in [4.69, 9.17) is 0 Å². The molecule has 0 saturated heterocycles. The molecule has 0 aromatic heterocycles. The van der Waals surface area contributed by atoms with Gasteiger partial charge in [0, 0.05) is 29.0 Å². The zero-order valence-corrected chi connectivity index (χ0v) is 16.5. The molecule has 0 atom stereocenters. The molecule has 4 rings (SSSR count). The van der Waals surface area contributed by atoms with E-state index in [1.54, 1.807) is 24.3 Å². The van der Waals surface area contributed by atoms with Crippen LogP contribution < -0.4 is 21.3 Å². The Morgan fingerprint density at radius 2 is 1.20 bits per heavy atom. The number of nitrogens with one attached hydrogen (secondary N) is 4. The first-order chi connectivity index (χ1) is 14.6. The number of rotatable bonds is 6. The van der Waals surface area contributed by atoms with Crippen LogP contribution in [-0.2, 0) is 5.41 Å². The van der Waals surface area contributed by atoms with Crippen LogP contribution in [0.5, 0.6) is 0 Å². The summed E-state index contributed by atoms with van der Waals surface area (Å²) < 4.78 is 0. The van der Waals surface area contributed by atoms with Gasteiger partial charge in [-0.25, -0.2) is 9.59 Å². The molecule has 3 aromatic carbocycles. The lowest BCUT2D eigenvalue weighted by Crippen LogP contribution is -2.35. The molecule has 1 aliphatic carbocycles. The highest BCUT2D eigenvalue weighted by Gasteiger charge is 2.44. The predicted octanol–water partition coefficient (Wildman–Crippen LogP) is 5.18. The predicted molar refractivity (Wildman–Crippen MR) is 120 cm³/mol. The van der Waals surface area contributed by atoms with E-state index in [-0.39, 0.29) is 17.5 Å². The maximum absolute atomic E-state index is 12.4. The molecule has 4 N–H and O–H groups in total. The first kappa shape index (κ1) is 19.5. The molecule has 30 heavy (non-hydrogen) atoms. The Kier molecular flexibility index (Phi) is 5.66. The third kappa shape index (κ3) is 4.97. The highest BCUT2D eigenvalue weighted by Crippen LogP contribution is 2.47. The lowest BCUT2D eigenvalue weighted by atomic mass is 9.96. The Morgan fingerprint density at radius 1 is 0.667 bits per heavy atom. The van der Waals surface area contributed by atoms with Crippen LogP contribution >= 0.6 is 0 Å². The number of benzene rings is 3. The SMILES string of the molecule is O=C(NCC1(c2ccccc2)CC1)Nc1cccc(NC(=O)Nc2ccccc2)c1. The lowest BCUT2D eigenvalue weighted by molar-refractivity contribution is 0.251. The van der Waals surface area contributed by atoms with E-state index in [2.05, 4.69) is 33.4 Å². The molecular formula is C24H24N4O2. The Morgan fingerprint density at radius 3 is 1.83 bits per heavy atom. The average Bonchev–Trinajstić information content (AvgIpc) is 3.55. The number of carbonyl (C=O) groups is 2. The van der Waals surface area contributed by atoms with Crippen LogP contribution in [0, 0.1) is 0 Å². The van der Waals surface area contributed by atoms with E-state index in [1.165, 1.54) is 5.56 Å². The number of urea groups is 2. The van der Waals surface area contributed by atoms with Gasteiger partial charge in [0.1, 0.15) is 0 Å². The number of amides is 4. The molecule has 6 heteroatoms. The van der Waals surface area contributed by atoms with Crippen molar-refractivity contribution in [2.75, 3.05) is 22.5 Å². The summed E-state index contributed by atoms with van der Waals surface area (Å²) in [5.74, 6) is 0. The zero-order valence-electron chi connectivity index (χ0n) is 16.5. The maximum atomic E-state index is 12.4. The van der Waals surface area contributed by atoms with E-state index in [9.17, 15) is 9.59 Å². The van der Waals surface area contributed by atoms with Crippen LogP contribution in [0.15, 0.2) is 84.9 Å². The van der Waals surface area contributed by atoms with Gasteiger partial charge in [-0.05, 0) is 48.7 Å². The summed E-state index contributed by atoms with van der Waals surface area (Å²) >= 11 is 0. The third-order valence-corrected chi connectivity index (χ3v) is 5.24. The summed E-state index contributed by atoms with van der Waals surface area (Å²) in [5.41, 5.74) is 3.22. The van der Waals surface area contributed by atoms with Gasteiger partial charge in [-0.3, -0.25) is 0 Å². The second-order valence-electron chi connectivity index (χ2n) is 7.48. The molecule has 3 aromatic rings. The van der Waals surface area contributed by atoms with E-state index < -0.39 is 0 Å². The van der Waals surface area contributed by atoms with E-state index in [0.717, 1.165) is 12.8 Å². The number of carbonyl (C=O) groups excluding carboxylic acids is 2. The van der Waals surface area contributed by atoms with Crippen LogP contribution in [0.2, 0.25) is 0 Å². The van der Waals surface area contributed by atoms with Crippen molar-refractivity contribution in [3.8, 4) is 0 Å². The number of para-hydroxylation sites is 1. The summed E-state index contributed by atoms with van der Waals surface area (Å²) in [6, 6.07) is 25.9. The molecule has 1 saturated carbocycles. The minimum atomic E-state index is -0.346. The van der Waals surface area contributed by atoms with Gasteiger partial charge < -0.3 is 21.3 Å². The standard InChI is InChI=1S/C24H24N4O2/c29-22(25-17-24(14-15-24)18-8-3-1-4-9-18)27-20-12-7-13-21(16-20)28-23(30)26-19-10-5-2-6-11-19/h1-13,16H,14-15,17H2,(H2,25,27,29)(H2,26,28,30). The molecule has 4 amide bonds. The quantitative estimate of drug-likeness (QED) is 0.460. The molecule has 152 valence electrons. The molecule has 0 unspecified atom stereocenters. The smallest absolute Gasteiger partial charge is 0.323 e. The monoisotopic (exact) mass is 400 g/mol. The summed E-state index contributed by atoms with van der Waals surface area (Å²) in [6.07, 6.45) is 2.15. The molecule has 0 spiro atoms. The van der Waals surface area contributed by atoms with Crippen molar-refractivity contribution < 1.29 is 9.59 Å². The topological polar surface area (TPSA) is 82.3 Å². The fourth-order valence-electron chi connectivity index (χ4n) is 3.42. The van der Waals surface area contributed by atoms with Crippen LogP contribution in [0.3, 0.4) is 0 Å². The van der Waals surface area contributed by atoms with E-state index in [1.807, 2.05) is 48.5 Å². The average molecular weight is 400 g/mol. The number of hydrogen-bond donors (Lipinski definition) is 4. The molecule has 6 nitrogen and oxygen atoms in total. The highest BCUT2D eigenvalue weighted by atomic mass is 16.2. The summed E-state index contributed by atoms with van der Waals surface area (Å²) in [4.78, 5) is 24.5. The second-order valence-corrected chi connectivity index (χ2v) is 7.48. The van der Waals surface area contributed by atoms with Crippen molar-refractivity contribution in [1.82, 2.24) is 5.32 Å². The van der Waals surface area contributed by atoms with Crippen molar-refractivity contribution in [3.05, 3.63) is 90.5 Å². The lowest BCUT2D eigenvalue weighted by Gasteiger charge is -2.17. The molecular weight excluding hydrogens is 376 g/mol. The fourth-order valence-corrected chi connectivity index (χ4v) is 3.42. The van der Waals surface area contributed by atoms with Crippen molar-refractivity contribution in [1.29, 1.82) is 0 Å². The van der Waals surface area contributed by atoms with Crippen LogP contribution in [0.4, 0.5) is 26.7 Å². The molecule has 0 aliphatic heterocycles. The molecule has 0 radical (unpaired) electrons. The summed E-state index contributed by atoms with van der Waals surface area (Å²) in [7, 11) is 0. The molecule has 0 heterocycles. The van der Waals surface area contributed by atoms with Gasteiger partial charge in [0.2, 0.25) is 0 Å². The van der Waals surface area contributed by atoms with Crippen LogP contribution in [0.25, 0.3) is 0 Å². The number of anilines is 3. The summed E-state index contributed by atoms with van der Waals surface area (Å²) in [6.45, 7) is 0.597. The second kappa shape index (κ2) is 8.69. The Labute approximate surface area is 175 Å².